The Kier molecular flexibility index (Phi) is 19.0. The average molecular weight is 312 g/mol. The van der Waals surface area contributed by atoms with Gasteiger partial charge in [-0.15, -0.1) is 0 Å². The van der Waals surface area contributed by atoms with E-state index in [0.29, 0.717) is 0 Å². The Morgan fingerprint density at radius 1 is 0.409 bits per heavy atom. The zero-order valence-corrected chi connectivity index (χ0v) is 16.2. The van der Waals surface area contributed by atoms with Crippen LogP contribution in [0.15, 0.2) is 0 Å². The van der Waals surface area contributed by atoms with Crippen molar-refractivity contribution in [3.63, 3.8) is 0 Å². The van der Waals surface area contributed by atoms with E-state index in [1.54, 1.807) is 0 Å². The predicted molar refractivity (Wildman–Crippen MR) is 103 cm³/mol. The molecule has 22 heavy (non-hydrogen) atoms. The lowest BCUT2D eigenvalue weighted by molar-refractivity contribution is 0.429. The van der Waals surface area contributed by atoms with Gasteiger partial charge in [0.15, 0.2) is 0 Å². The van der Waals surface area contributed by atoms with Crippen molar-refractivity contribution >= 4 is 0 Å². The standard InChI is InChI=1S/C21H45N/c1-4-6-8-10-12-13-14-15-17-19-21-22(3)20-18-16-11-9-7-5-2/h4-21H2,1-3H3/q+1. The molecule has 0 spiro atoms. The average Bonchev–Trinajstić information content (AvgIpc) is 2.52. The van der Waals surface area contributed by atoms with E-state index in [1.807, 2.05) is 0 Å². The Morgan fingerprint density at radius 2 is 0.682 bits per heavy atom. The summed E-state index contributed by atoms with van der Waals surface area (Å²) in [5, 5.41) is 0. The van der Waals surface area contributed by atoms with Gasteiger partial charge < -0.3 is 0 Å². The van der Waals surface area contributed by atoms with Crippen LogP contribution < -0.4 is 4.90 Å². The lowest BCUT2D eigenvalue weighted by atomic mass is 10.1. The van der Waals surface area contributed by atoms with Crippen molar-refractivity contribution in [3.8, 4) is 0 Å². The van der Waals surface area contributed by atoms with Crippen LogP contribution in [-0.2, 0) is 0 Å². The molecule has 133 valence electrons. The van der Waals surface area contributed by atoms with E-state index in [2.05, 4.69) is 25.8 Å². The number of unbranched alkanes of at least 4 members (excludes halogenated alkanes) is 14. The quantitative estimate of drug-likeness (QED) is 0.189. The summed E-state index contributed by atoms with van der Waals surface area (Å²) in [7, 11) is 2.31. The largest absolute Gasteiger partial charge is 0.173 e. The highest BCUT2D eigenvalue weighted by atomic mass is 15.1. The van der Waals surface area contributed by atoms with E-state index in [0.717, 1.165) is 0 Å². The molecule has 0 amide bonds. The van der Waals surface area contributed by atoms with Gasteiger partial charge in [-0.25, -0.2) is 0 Å². The molecule has 0 rings (SSSR count). The van der Waals surface area contributed by atoms with E-state index >= 15 is 0 Å². The van der Waals surface area contributed by atoms with Crippen LogP contribution in [-0.4, -0.2) is 20.1 Å². The van der Waals surface area contributed by atoms with Gasteiger partial charge in [-0.05, 0) is 12.8 Å². The molecule has 0 N–H and O–H groups in total. The number of nitrogens with zero attached hydrogens (tertiary/aromatic N) is 1. The van der Waals surface area contributed by atoms with Gasteiger partial charge >= 0.3 is 0 Å². The molecule has 0 aliphatic carbocycles. The molecule has 0 aromatic carbocycles. The van der Waals surface area contributed by atoms with Crippen molar-refractivity contribution in [1.82, 2.24) is 4.90 Å². The molecule has 0 heterocycles. The highest BCUT2D eigenvalue weighted by Gasteiger charge is 2.06. The van der Waals surface area contributed by atoms with Crippen molar-refractivity contribution < 1.29 is 0 Å². The Morgan fingerprint density at radius 3 is 1.00 bits per heavy atom. The van der Waals surface area contributed by atoms with Crippen LogP contribution in [0.2, 0.25) is 0 Å². The Hall–Kier alpha value is -0.0400. The summed E-state index contributed by atoms with van der Waals surface area (Å²) in [6.07, 6.45) is 22.9. The van der Waals surface area contributed by atoms with Gasteiger partial charge in [0.1, 0.15) is 20.1 Å². The lowest BCUT2D eigenvalue weighted by Gasteiger charge is -2.07. The van der Waals surface area contributed by atoms with E-state index in [9.17, 15) is 0 Å². The monoisotopic (exact) mass is 311 g/mol. The molecule has 0 aliphatic heterocycles. The molecule has 0 aliphatic rings. The van der Waals surface area contributed by atoms with Gasteiger partial charge in [0.05, 0.1) is 0 Å². The SMILES string of the molecule is CCCCCCCCCCCC[N+](C)CCCCCCCC. The normalized spacial score (nSPS) is 11.5. The zero-order valence-electron chi connectivity index (χ0n) is 16.2. The van der Waals surface area contributed by atoms with Crippen LogP contribution in [0, 0.1) is 0 Å². The molecule has 0 aromatic heterocycles. The molecule has 1 radical (unpaired) electrons. The Balaban J connectivity index is 3.10. The van der Waals surface area contributed by atoms with Gasteiger partial charge in [-0.3, -0.25) is 0 Å². The van der Waals surface area contributed by atoms with Gasteiger partial charge in [-0.1, -0.05) is 90.9 Å². The fraction of sp³-hybridized carbons (Fsp3) is 1.00. The third kappa shape index (κ3) is 18.0. The van der Waals surface area contributed by atoms with Crippen LogP contribution in [0.3, 0.4) is 0 Å². The predicted octanol–water partition coefficient (Wildman–Crippen LogP) is 7.04. The van der Waals surface area contributed by atoms with E-state index in [-0.39, 0.29) is 0 Å². The molecule has 0 bridgehead atoms. The second-order valence-corrected chi connectivity index (χ2v) is 7.25. The van der Waals surface area contributed by atoms with Gasteiger partial charge in [0.25, 0.3) is 0 Å². The molecule has 0 saturated heterocycles. The van der Waals surface area contributed by atoms with E-state index < -0.39 is 0 Å². The van der Waals surface area contributed by atoms with Crippen LogP contribution >= 0.6 is 0 Å². The number of rotatable bonds is 18. The second kappa shape index (κ2) is 19.0. The zero-order chi connectivity index (χ0) is 16.3. The topological polar surface area (TPSA) is 5.90 Å². The van der Waals surface area contributed by atoms with Crippen LogP contribution in [0.4, 0.5) is 0 Å². The summed E-state index contributed by atoms with van der Waals surface area (Å²) in [5.41, 5.74) is 0. The summed E-state index contributed by atoms with van der Waals surface area (Å²) < 4.78 is 0. The summed E-state index contributed by atoms with van der Waals surface area (Å²) in [6, 6.07) is 0. The van der Waals surface area contributed by atoms with Crippen LogP contribution in [0.5, 0.6) is 0 Å². The fourth-order valence-corrected chi connectivity index (χ4v) is 3.14. The van der Waals surface area contributed by atoms with Crippen molar-refractivity contribution in [2.45, 2.75) is 117 Å². The third-order valence-electron chi connectivity index (χ3n) is 4.79. The first-order valence-electron chi connectivity index (χ1n) is 10.5. The smallest absolute Gasteiger partial charge is 0.122 e. The van der Waals surface area contributed by atoms with Crippen molar-refractivity contribution in [2.75, 3.05) is 20.1 Å². The molecular formula is C21H45N+. The molecule has 1 heteroatoms. The molecule has 0 unspecified atom stereocenters. The summed E-state index contributed by atoms with van der Waals surface area (Å²) in [4.78, 5) is 2.55. The minimum Gasteiger partial charge on any atom is -0.173 e. The molecule has 0 aromatic rings. The van der Waals surface area contributed by atoms with Crippen LogP contribution in [0.1, 0.15) is 117 Å². The Labute approximate surface area is 142 Å². The first-order valence-corrected chi connectivity index (χ1v) is 10.5. The maximum Gasteiger partial charge on any atom is 0.122 e. The van der Waals surface area contributed by atoms with Gasteiger partial charge in [0, 0.05) is 12.8 Å². The first-order chi connectivity index (χ1) is 10.8. The van der Waals surface area contributed by atoms with Gasteiger partial charge in [-0.2, -0.15) is 4.90 Å². The highest BCUT2D eigenvalue weighted by Crippen LogP contribution is 2.10. The molecule has 0 fully saturated rings. The van der Waals surface area contributed by atoms with Crippen molar-refractivity contribution in [3.05, 3.63) is 0 Å². The Bertz CT molecular complexity index is 190. The molecule has 1 nitrogen and oxygen atoms in total. The minimum absolute atomic E-state index is 1.31. The third-order valence-corrected chi connectivity index (χ3v) is 4.79. The number of hydrogen-bond acceptors (Lipinski definition) is 1. The molecule has 0 saturated carbocycles. The summed E-state index contributed by atoms with van der Waals surface area (Å²) in [5.74, 6) is 0. The summed E-state index contributed by atoms with van der Waals surface area (Å²) >= 11 is 0. The second-order valence-electron chi connectivity index (χ2n) is 7.25. The minimum atomic E-state index is 1.31. The number of hydrogen-bond donors (Lipinski definition) is 0. The van der Waals surface area contributed by atoms with Crippen LogP contribution in [0.25, 0.3) is 0 Å². The van der Waals surface area contributed by atoms with Gasteiger partial charge in [0.2, 0.25) is 0 Å². The highest BCUT2D eigenvalue weighted by molar-refractivity contribution is 4.58. The lowest BCUT2D eigenvalue weighted by Crippen LogP contribution is -2.27. The molecule has 0 atom stereocenters. The van der Waals surface area contributed by atoms with Crippen molar-refractivity contribution in [2.24, 2.45) is 0 Å². The summed E-state index contributed by atoms with van der Waals surface area (Å²) in [6.45, 7) is 7.21. The van der Waals surface area contributed by atoms with E-state index in [4.69, 9.17) is 0 Å². The molecular weight excluding hydrogens is 266 g/mol. The first kappa shape index (κ1) is 22.0. The van der Waals surface area contributed by atoms with E-state index in [1.165, 1.54) is 116 Å². The fourth-order valence-electron chi connectivity index (χ4n) is 3.14. The maximum atomic E-state index is 2.55. The van der Waals surface area contributed by atoms with Crippen molar-refractivity contribution in [1.29, 1.82) is 0 Å². The maximum absolute atomic E-state index is 2.55.